The first-order valence-electron chi connectivity index (χ1n) is 5.43. The highest BCUT2D eigenvalue weighted by atomic mass is 28.2. The molecule has 0 radical (unpaired) electrons. The summed E-state index contributed by atoms with van der Waals surface area (Å²) < 4.78 is 9.22. The van der Waals surface area contributed by atoms with E-state index in [1.54, 1.807) is 13.8 Å². The second-order valence-corrected chi connectivity index (χ2v) is 3.95. The fourth-order valence-electron chi connectivity index (χ4n) is 0.607. The molecule has 0 aliphatic carbocycles. The molecule has 98 valence electrons. The number of carbonyl (C=O) groups excluding carboxylic acids is 2. The number of ether oxygens (including phenoxy) is 1. The lowest BCUT2D eigenvalue weighted by atomic mass is 10.3. The van der Waals surface area contributed by atoms with Crippen LogP contribution in [-0.4, -0.2) is 29.0 Å². The second-order valence-electron chi connectivity index (χ2n) is 3.54. The van der Waals surface area contributed by atoms with Crippen molar-refractivity contribution < 1.29 is 18.8 Å². The molecule has 0 aromatic carbocycles. The van der Waals surface area contributed by atoms with Gasteiger partial charge in [-0.25, -0.2) is 9.59 Å². The molecule has 0 heterocycles. The highest BCUT2D eigenvalue weighted by Crippen LogP contribution is 1.94. The van der Waals surface area contributed by atoms with Gasteiger partial charge >= 0.3 is 11.9 Å². The third-order valence-electron chi connectivity index (χ3n) is 1.61. The minimum Gasteiger partial charge on any atom is -0.526 e. The molecular weight excluding hydrogens is 236 g/mol. The first kappa shape index (κ1) is 18.0. The average Bonchev–Trinajstić information content (AvgIpc) is 2.28. The molecule has 0 amide bonds. The first-order valence-corrected chi connectivity index (χ1v) is 6.24. The van der Waals surface area contributed by atoms with E-state index in [1.807, 2.05) is 0 Å². The van der Waals surface area contributed by atoms with Crippen LogP contribution < -0.4 is 0 Å². The zero-order chi connectivity index (χ0) is 13.8. The number of esters is 1. The van der Waals surface area contributed by atoms with Gasteiger partial charge in [-0.15, -0.1) is 0 Å². The third-order valence-corrected chi connectivity index (χ3v) is 1.98. The Kier molecular flexibility index (Phi) is 11.8. The summed E-state index contributed by atoms with van der Waals surface area (Å²) in [6.07, 6.45) is 1.97. The molecule has 4 nitrogen and oxygen atoms in total. The molecule has 0 saturated carbocycles. The van der Waals surface area contributed by atoms with E-state index in [-0.39, 0.29) is 11.9 Å². The monoisotopic (exact) mass is 258 g/mol. The smallest absolute Gasteiger partial charge is 0.333 e. The van der Waals surface area contributed by atoms with Gasteiger partial charge in [-0.3, -0.25) is 0 Å². The zero-order valence-corrected chi connectivity index (χ0v) is 13.2. The summed E-state index contributed by atoms with van der Waals surface area (Å²) in [6.45, 7) is 12.7. The van der Waals surface area contributed by atoms with E-state index in [2.05, 4.69) is 24.5 Å². The van der Waals surface area contributed by atoms with Crippen LogP contribution >= 0.6 is 0 Å². The van der Waals surface area contributed by atoms with Gasteiger partial charge in [-0.2, -0.15) is 0 Å². The summed E-state index contributed by atoms with van der Waals surface area (Å²) in [5.74, 6) is -0.569. The lowest BCUT2D eigenvalue weighted by Crippen LogP contribution is -2.05. The van der Waals surface area contributed by atoms with Crippen LogP contribution in [-0.2, 0) is 18.8 Å². The molecule has 0 spiro atoms. The average molecular weight is 258 g/mol. The maximum atomic E-state index is 10.7. The predicted molar refractivity (Wildman–Crippen MR) is 71.5 cm³/mol. The Morgan fingerprint density at radius 3 is 1.82 bits per heavy atom. The van der Waals surface area contributed by atoms with Gasteiger partial charge in [0, 0.05) is 11.1 Å². The number of rotatable bonds is 5. The summed E-state index contributed by atoms with van der Waals surface area (Å²) in [6, 6.07) is 0. The Morgan fingerprint density at radius 1 is 1.12 bits per heavy atom. The van der Waals surface area contributed by atoms with Crippen molar-refractivity contribution >= 4 is 22.4 Å². The summed E-state index contributed by atoms with van der Waals surface area (Å²) in [7, 11) is 0.460. The predicted octanol–water partition coefficient (Wildman–Crippen LogP) is 1.29. The number of hydrogen-bond acceptors (Lipinski definition) is 4. The van der Waals surface area contributed by atoms with Gasteiger partial charge in [-0.05, 0) is 20.3 Å². The SMILES string of the molecule is C=C(C)C(=O)OCCCC.C=C(C)C(=O)O[SiH3]. The van der Waals surface area contributed by atoms with Gasteiger partial charge in [0.15, 0.2) is 0 Å². The summed E-state index contributed by atoms with van der Waals surface area (Å²) in [5, 5.41) is 0. The standard InChI is InChI=1S/C8H14O2.C4H8O2Si/c1-4-5-6-10-8(9)7(2)3;1-3(2)4(5)6-7/h2,4-6H2,1,3H3;1H2,2,7H3. The molecule has 0 bridgehead atoms. The highest BCUT2D eigenvalue weighted by Gasteiger charge is 2.00. The van der Waals surface area contributed by atoms with E-state index < -0.39 is 0 Å². The molecule has 0 fully saturated rings. The van der Waals surface area contributed by atoms with Crippen LogP contribution in [0.3, 0.4) is 0 Å². The lowest BCUT2D eigenvalue weighted by Gasteiger charge is -2.01. The Morgan fingerprint density at radius 2 is 1.59 bits per heavy atom. The van der Waals surface area contributed by atoms with Crippen LogP contribution in [0, 0.1) is 0 Å². The Bertz CT molecular complexity index is 284. The van der Waals surface area contributed by atoms with Crippen LogP contribution in [0.1, 0.15) is 33.6 Å². The second kappa shape index (κ2) is 11.1. The molecule has 0 aliphatic rings. The third kappa shape index (κ3) is 12.6. The highest BCUT2D eigenvalue weighted by molar-refractivity contribution is 6.08. The van der Waals surface area contributed by atoms with E-state index in [0.29, 0.717) is 28.2 Å². The normalized spacial score (nSPS) is 8.65. The fourth-order valence-corrected chi connectivity index (χ4v) is 0.955. The van der Waals surface area contributed by atoms with Crippen molar-refractivity contribution in [1.82, 2.24) is 0 Å². The van der Waals surface area contributed by atoms with Gasteiger partial charge < -0.3 is 9.16 Å². The molecule has 0 rings (SSSR count). The summed E-state index contributed by atoms with van der Waals surface area (Å²) >= 11 is 0. The van der Waals surface area contributed by atoms with Gasteiger partial charge in [0.05, 0.1) is 6.61 Å². The minimum absolute atomic E-state index is 0.284. The molecule has 17 heavy (non-hydrogen) atoms. The van der Waals surface area contributed by atoms with Crippen LogP contribution in [0.5, 0.6) is 0 Å². The minimum atomic E-state index is -0.285. The molecule has 0 atom stereocenters. The Labute approximate surface area is 106 Å². The molecule has 0 aromatic heterocycles. The molecule has 0 aromatic rings. The molecule has 0 unspecified atom stereocenters. The largest absolute Gasteiger partial charge is 0.526 e. The number of carbonyl (C=O) groups is 2. The van der Waals surface area contributed by atoms with E-state index in [4.69, 9.17) is 4.74 Å². The fraction of sp³-hybridized carbons (Fsp3) is 0.500. The number of hydrogen-bond donors (Lipinski definition) is 0. The quantitative estimate of drug-likeness (QED) is 0.323. The van der Waals surface area contributed by atoms with E-state index in [9.17, 15) is 9.59 Å². The van der Waals surface area contributed by atoms with Crippen molar-refractivity contribution in [1.29, 1.82) is 0 Å². The van der Waals surface area contributed by atoms with Crippen molar-refractivity contribution in [2.24, 2.45) is 0 Å². The molecule has 0 saturated heterocycles. The Hall–Kier alpha value is -1.36. The maximum Gasteiger partial charge on any atom is 0.333 e. The first-order chi connectivity index (χ1) is 7.86. The topological polar surface area (TPSA) is 52.6 Å². The molecule has 0 aliphatic heterocycles. The van der Waals surface area contributed by atoms with Crippen LogP contribution in [0.2, 0.25) is 0 Å². The van der Waals surface area contributed by atoms with Crippen molar-refractivity contribution in [2.75, 3.05) is 6.61 Å². The summed E-state index contributed by atoms with van der Waals surface area (Å²) in [4.78, 5) is 20.9. The van der Waals surface area contributed by atoms with Crippen molar-refractivity contribution in [3.63, 3.8) is 0 Å². The van der Waals surface area contributed by atoms with Gasteiger partial charge in [0.1, 0.15) is 0 Å². The number of unbranched alkanes of at least 4 members (excludes halogenated alkanes) is 1. The Balaban J connectivity index is 0. The van der Waals surface area contributed by atoms with Crippen LogP contribution in [0.15, 0.2) is 24.3 Å². The van der Waals surface area contributed by atoms with Gasteiger partial charge in [0.2, 0.25) is 10.5 Å². The van der Waals surface area contributed by atoms with E-state index in [0.717, 1.165) is 12.8 Å². The van der Waals surface area contributed by atoms with E-state index >= 15 is 0 Å². The summed E-state index contributed by atoms with van der Waals surface area (Å²) in [5.41, 5.74) is 0.936. The van der Waals surface area contributed by atoms with Crippen LogP contribution in [0.4, 0.5) is 0 Å². The van der Waals surface area contributed by atoms with E-state index in [1.165, 1.54) is 0 Å². The van der Waals surface area contributed by atoms with Crippen LogP contribution in [0.25, 0.3) is 0 Å². The molecule has 5 heteroatoms. The van der Waals surface area contributed by atoms with Gasteiger partial charge in [-0.1, -0.05) is 26.5 Å². The lowest BCUT2D eigenvalue weighted by molar-refractivity contribution is -0.139. The molecular formula is C12H22O4Si. The zero-order valence-electron chi connectivity index (χ0n) is 11.2. The van der Waals surface area contributed by atoms with Crippen molar-refractivity contribution in [2.45, 2.75) is 33.6 Å². The molecule has 0 N–H and O–H groups in total. The van der Waals surface area contributed by atoms with Crippen molar-refractivity contribution in [3.8, 4) is 0 Å². The van der Waals surface area contributed by atoms with Gasteiger partial charge in [0.25, 0.3) is 0 Å². The van der Waals surface area contributed by atoms with Crippen molar-refractivity contribution in [3.05, 3.63) is 24.3 Å². The maximum absolute atomic E-state index is 10.7.